The molecule has 0 saturated carbocycles. The Morgan fingerprint density at radius 2 is 2.04 bits per heavy atom. The Morgan fingerprint density at radius 1 is 1.29 bits per heavy atom. The van der Waals surface area contributed by atoms with E-state index in [2.05, 4.69) is 27.1 Å². The van der Waals surface area contributed by atoms with Crippen molar-refractivity contribution in [2.45, 2.75) is 32.4 Å². The molecule has 5 nitrogen and oxygen atoms in total. The summed E-state index contributed by atoms with van der Waals surface area (Å²) >= 11 is 0. The molecule has 2 N–H and O–H groups in total. The fraction of sp³-hybridized carbons (Fsp3) is 0.278. The van der Waals surface area contributed by atoms with Crippen LogP contribution in [0.4, 0.5) is 4.39 Å². The zero-order valence-electron chi connectivity index (χ0n) is 13.7. The number of rotatable bonds is 3. The fourth-order valence-electron chi connectivity index (χ4n) is 1.66. The molecule has 0 bridgehead atoms. The van der Waals surface area contributed by atoms with Gasteiger partial charge in [-0.3, -0.25) is 4.79 Å². The molecule has 0 saturated heterocycles. The topological polar surface area (TPSA) is 75.1 Å². The Kier molecular flexibility index (Phi) is 5.27. The SMILES string of the molecule is C[C@@H](NC(=O)c1ccc(C#Cc2cccc(F)n2)cn1)C(C)(C)O. The number of hydrogen-bond donors (Lipinski definition) is 2. The predicted octanol–water partition coefficient (Wildman–Crippen LogP) is 1.90. The molecule has 1 atom stereocenters. The lowest BCUT2D eigenvalue weighted by Gasteiger charge is -2.26. The minimum Gasteiger partial charge on any atom is -0.388 e. The number of nitrogens with one attached hydrogen (secondary N) is 1. The summed E-state index contributed by atoms with van der Waals surface area (Å²) in [5.41, 5.74) is 0.0865. The van der Waals surface area contributed by atoms with Gasteiger partial charge in [0, 0.05) is 11.8 Å². The summed E-state index contributed by atoms with van der Waals surface area (Å²) in [5, 5.41) is 12.5. The second kappa shape index (κ2) is 7.20. The van der Waals surface area contributed by atoms with E-state index in [9.17, 15) is 14.3 Å². The van der Waals surface area contributed by atoms with E-state index in [4.69, 9.17) is 0 Å². The van der Waals surface area contributed by atoms with E-state index in [0.29, 0.717) is 11.3 Å². The lowest BCUT2D eigenvalue weighted by Crippen LogP contribution is -2.47. The third kappa shape index (κ3) is 4.86. The summed E-state index contributed by atoms with van der Waals surface area (Å²) in [5.74, 6) is 4.57. The zero-order chi connectivity index (χ0) is 17.7. The van der Waals surface area contributed by atoms with Crippen molar-refractivity contribution in [2.75, 3.05) is 0 Å². The maximum Gasteiger partial charge on any atom is 0.270 e. The van der Waals surface area contributed by atoms with Crippen LogP contribution in [0.5, 0.6) is 0 Å². The summed E-state index contributed by atoms with van der Waals surface area (Å²) in [4.78, 5) is 19.8. The number of halogens is 1. The zero-order valence-corrected chi connectivity index (χ0v) is 13.7. The Hall–Kier alpha value is -2.78. The van der Waals surface area contributed by atoms with Gasteiger partial charge in [-0.25, -0.2) is 9.97 Å². The van der Waals surface area contributed by atoms with Gasteiger partial charge in [0.25, 0.3) is 5.91 Å². The van der Waals surface area contributed by atoms with Crippen LogP contribution in [0.1, 0.15) is 42.5 Å². The maximum absolute atomic E-state index is 13.0. The van der Waals surface area contributed by atoms with E-state index in [1.165, 1.54) is 24.4 Å². The number of pyridine rings is 2. The third-order valence-corrected chi connectivity index (χ3v) is 3.45. The van der Waals surface area contributed by atoms with E-state index in [0.717, 1.165) is 0 Å². The first-order valence-electron chi connectivity index (χ1n) is 7.39. The van der Waals surface area contributed by atoms with Crippen LogP contribution in [0, 0.1) is 17.8 Å². The third-order valence-electron chi connectivity index (χ3n) is 3.45. The lowest BCUT2D eigenvalue weighted by molar-refractivity contribution is 0.0407. The number of amides is 1. The molecule has 0 unspecified atom stereocenters. The average molecular weight is 327 g/mol. The van der Waals surface area contributed by atoms with Crippen LogP contribution >= 0.6 is 0 Å². The molecule has 2 heterocycles. The highest BCUT2D eigenvalue weighted by molar-refractivity contribution is 5.92. The van der Waals surface area contributed by atoms with Crippen LogP contribution in [0.2, 0.25) is 0 Å². The summed E-state index contributed by atoms with van der Waals surface area (Å²) < 4.78 is 13.0. The molecule has 0 spiro atoms. The minimum atomic E-state index is -1.03. The summed E-state index contributed by atoms with van der Waals surface area (Å²) in [7, 11) is 0. The summed E-state index contributed by atoms with van der Waals surface area (Å²) in [6.07, 6.45) is 1.45. The quantitative estimate of drug-likeness (QED) is 0.667. The highest BCUT2D eigenvalue weighted by Gasteiger charge is 2.24. The Bertz CT molecular complexity index is 786. The van der Waals surface area contributed by atoms with Crippen molar-refractivity contribution in [3.63, 3.8) is 0 Å². The van der Waals surface area contributed by atoms with Crippen molar-refractivity contribution < 1.29 is 14.3 Å². The molecule has 0 fully saturated rings. The second-order valence-corrected chi connectivity index (χ2v) is 5.88. The maximum atomic E-state index is 13.0. The molecule has 24 heavy (non-hydrogen) atoms. The number of carbonyl (C=O) groups excluding carboxylic acids is 1. The first-order valence-corrected chi connectivity index (χ1v) is 7.39. The fourth-order valence-corrected chi connectivity index (χ4v) is 1.66. The van der Waals surface area contributed by atoms with Gasteiger partial charge in [0.05, 0.1) is 11.6 Å². The van der Waals surface area contributed by atoms with Gasteiger partial charge in [-0.2, -0.15) is 4.39 Å². The van der Waals surface area contributed by atoms with Gasteiger partial charge >= 0.3 is 0 Å². The number of nitrogens with zero attached hydrogens (tertiary/aromatic N) is 2. The molecule has 6 heteroatoms. The van der Waals surface area contributed by atoms with E-state index >= 15 is 0 Å². The number of carbonyl (C=O) groups is 1. The molecule has 2 rings (SSSR count). The van der Waals surface area contributed by atoms with Crippen LogP contribution in [0.25, 0.3) is 0 Å². The number of aromatic nitrogens is 2. The second-order valence-electron chi connectivity index (χ2n) is 5.88. The Balaban J connectivity index is 2.07. The van der Waals surface area contributed by atoms with Crippen molar-refractivity contribution in [2.24, 2.45) is 0 Å². The molecule has 0 aromatic carbocycles. The molecule has 0 aliphatic heterocycles. The molecule has 0 radical (unpaired) electrons. The summed E-state index contributed by atoms with van der Waals surface area (Å²) in [6.45, 7) is 4.94. The minimum absolute atomic E-state index is 0.223. The van der Waals surface area contributed by atoms with E-state index in [1.54, 1.807) is 32.9 Å². The average Bonchev–Trinajstić information content (AvgIpc) is 2.52. The molecule has 2 aromatic heterocycles. The van der Waals surface area contributed by atoms with Gasteiger partial charge in [0.1, 0.15) is 11.4 Å². The van der Waals surface area contributed by atoms with Crippen LogP contribution < -0.4 is 5.32 Å². The molecular formula is C18H18FN3O2. The highest BCUT2D eigenvalue weighted by atomic mass is 19.1. The predicted molar refractivity (Wildman–Crippen MR) is 87.6 cm³/mol. The molecule has 124 valence electrons. The van der Waals surface area contributed by atoms with Crippen LogP contribution in [-0.2, 0) is 0 Å². The molecule has 0 aliphatic carbocycles. The number of hydrogen-bond acceptors (Lipinski definition) is 4. The lowest BCUT2D eigenvalue weighted by atomic mass is 10.0. The first-order chi connectivity index (χ1) is 11.3. The molecular weight excluding hydrogens is 309 g/mol. The van der Waals surface area contributed by atoms with Crippen molar-refractivity contribution in [3.05, 3.63) is 59.4 Å². The first kappa shape index (κ1) is 17.6. The monoisotopic (exact) mass is 327 g/mol. The van der Waals surface area contributed by atoms with Gasteiger partial charge in [-0.05, 0) is 51.0 Å². The highest BCUT2D eigenvalue weighted by Crippen LogP contribution is 2.08. The van der Waals surface area contributed by atoms with Crippen molar-refractivity contribution in [1.29, 1.82) is 0 Å². The Morgan fingerprint density at radius 3 is 2.62 bits per heavy atom. The van der Waals surface area contributed by atoms with Gasteiger partial charge in [-0.15, -0.1) is 0 Å². The molecule has 0 aliphatic rings. The smallest absolute Gasteiger partial charge is 0.270 e. The van der Waals surface area contributed by atoms with E-state index < -0.39 is 17.6 Å². The molecule has 1 amide bonds. The van der Waals surface area contributed by atoms with Crippen molar-refractivity contribution in [3.8, 4) is 11.8 Å². The Labute approximate surface area is 140 Å². The largest absolute Gasteiger partial charge is 0.388 e. The van der Waals surface area contributed by atoms with Gasteiger partial charge in [0.15, 0.2) is 0 Å². The summed E-state index contributed by atoms with van der Waals surface area (Å²) in [6, 6.07) is 7.13. The number of aliphatic hydroxyl groups is 1. The van der Waals surface area contributed by atoms with Crippen LogP contribution in [0.3, 0.4) is 0 Å². The van der Waals surface area contributed by atoms with Crippen molar-refractivity contribution in [1.82, 2.24) is 15.3 Å². The molecule has 2 aromatic rings. The van der Waals surface area contributed by atoms with E-state index in [-0.39, 0.29) is 11.6 Å². The van der Waals surface area contributed by atoms with Crippen LogP contribution in [-0.4, -0.2) is 32.6 Å². The van der Waals surface area contributed by atoms with Gasteiger partial charge in [0.2, 0.25) is 5.95 Å². The van der Waals surface area contributed by atoms with Crippen molar-refractivity contribution >= 4 is 5.91 Å². The van der Waals surface area contributed by atoms with Gasteiger partial charge < -0.3 is 10.4 Å². The van der Waals surface area contributed by atoms with E-state index in [1.807, 2.05) is 0 Å². The standard InChI is InChI=1S/C18H18FN3O2/c1-12(18(2,3)24)21-17(23)15-10-8-13(11-20-15)7-9-14-5-4-6-16(19)22-14/h4-6,8,10-12,24H,1-3H3,(H,21,23)/t12-/m1/s1. The normalized spacial score (nSPS) is 12.0. The van der Waals surface area contributed by atoms with Gasteiger partial charge in [-0.1, -0.05) is 12.0 Å². The van der Waals surface area contributed by atoms with Crippen LogP contribution in [0.15, 0.2) is 36.5 Å².